The van der Waals surface area contributed by atoms with Crippen LogP contribution in [0.5, 0.6) is 17.0 Å². The highest BCUT2D eigenvalue weighted by molar-refractivity contribution is 7.07. The minimum absolute atomic E-state index is 0.309. The lowest BCUT2D eigenvalue weighted by Gasteiger charge is -1.99. The van der Waals surface area contributed by atoms with E-state index < -0.39 is 0 Å². The van der Waals surface area contributed by atoms with Crippen molar-refractivity contribution >= 4 is 23.1 Å². The van der Waals surface area contributed by atoms with E-state index >= 15 is 0 Å². The van der Waals surface area contributed by atoms with Crippen LogP contribution in [-0.4, -0.2) is 16.5 Å². The number of rotatable bonds is 3. The molecule has 4 nitrogen and oxygen atoms in total. The average molecular weight is 243 g/mol. The Morgan fingerprint density at radius 1 is 1.27 bits per heavy atom. The molecule has 0 aliphatic heterocycles. The van der Waals surface area contributed by atoms with Gasteiger partial charge in [0.05, 0.1) is 7.11 Å². The molecule has 2 aromatic rings. The van der Waals surface area contributed by atoms with Gasteiger partial charge in [-0.1, -0.05) is 11.6 Å². The van der Waals surface area contributed by atoms with Crippen molar-refractivity contribution in [2.75, 3.05) is 7.11 Å². The molecule has 0 aliphatic rings. The molecular formula is C9H7ClN2O2S. The molecule has 2 rings (SSSR count). The Morgan fingerprint density at radius 2 is 2.00 bits per heavy atom. The van der Waals surface area contributed by atoms with Crippen molar-refractivity contribution in [3.8, 4) is 17.0 Å². The van der Waals surface area contributed by atoms with Gasteiger partial charge in [0, 0.05) is 16.6 Å². The molecule has 1 heterocycles. The van der Waals surface area contributed by atoms with E-state index in [-0.39, 0.29) is 0 Å². The minimum Gasteiger partial charge on any atom is -0.466 e. The topological polar surface area (TPSA) is 44.2 Å². The van der Waals surface area contributed by atoms with E-state index in [2.05, 4.69) is 9.36 Å². The lowest BCUT2D eigenvalue weighted by atomic mass is 10.3. The summed E-state index contributed by atoms with van der Waals surface area (Å²) in [7, 11) is 1.51. The van der Waals surface area contributed by atoms with Crippen molar-refractivity contribution in [1.29, 1.82) is 0 Å². The van der Waals surface area contributed by atoms with Crippen LogP contribution in [0, 0.1) is 0 Å². The molecule has 78 valence electrons. The third-order valence-corrected chi connectivity index (χ3v) is 2.42. The number of benzene rings is 1. The van der Waals surface area contributed by atoms with Crippen LogP contribution in [-0.2, 0) is 0 Å². The molecule has 0 atom stereocenters. The zero-order chi connectivity index (χ0) is 10.7. The fourth-order valence-electron chi connectivity index (χ4n) is 0.925. The quantitative estimate of drug-likeness (QED) is 0.830. The zero-order valence-corrected chi connectivity index (χ0v) is 9.38. The van der Waals surface area contributed by atoms with E-state index in [9.17, 15) is 0 Å². The molecule has 0 spiro atoms. The number of hydrogen-bond acceptors (Lipinski definition) is 5. The minimum atomic E-state index is 0.309. The SMILES string of the molecule is COc1nsc(Oc2ccc(Cl)cc2)n1. The first-order valence-electron chi connectivity index (χ1n) is 4.09. The van der Waals surface area contributed by atoms with Gasteiger partial charge in [-0.15, -0.1) is 9.36 Å². The maximum Gasteiger partial charge on any atom is 0.331 e. The Hall–Kier alpha value is -1.33. The van der Waals surface area contributed by atoms with Crippen molar-refractivity contribution in [1.82, 2.24) is 9.36 Å². The first-order chi connectivity index (χ1) is 7.28. The molecule has 0 bridgehead atoms. The van der Waals surface area contributed by atoms with Gasteiger partial charge in [0.2, 0.25) is 0 Å². The van der Waals surface area contributed by atoms with Gasteiger partial charge in [0.15, 0.2) is 0 Å². The third-order valence-electron chi connectivity index (χ3n) is 1.59. The van der Waals surface area contributed by atoms with Crippen molar-refractivity contribution in [2.45, 2.75) is 0 Å². The Labute approximate surface area is 95.6 Å². The molecule has 6 heteroatoms. The van der Waals surface area contributed by atoms with Crippen molar-refractivity contribution in [3.05, 3.63) is 29.3 Å². The van der Waals surface area contributed by atoms with Gasteiger partial charge < -0.3 is 9.47 Å². The van der Waals surface area contributed by atoms with Crippen molar-refractivity contribution in [3.63, 3.8) is 0 Å². The summed E-state index contributed by atoms with van der Waals surface area (Å²) in [6, 6.07) is 7.32. The summed E-state index contributed by atoms with van der Waals surface area (Å²) in [5, 5.41) is 1.10. The third kappa shape index (κ3) is 2.57. The Kier molecular flexibility index (Phi) is 3.03. The summed E-state index contributed by atoms with van der Waals surface area (Å²) in [6.07, 6.45) is 0. The number of aromatic nitrogens is 2. The van der Waals surface area contributed by atoms with Crippen LogP contribution in [0.1, 0.15) is 0 Å². The van der Waals surface area contributed by atoms with E-state index in [4.69, 9.17) is 21.1 Å². The van der Waals surface area contributed by atoms with E-state index in [1.54, 1.807) is 24.3 Å². The predicted molar refractivity (Wildman–Crippen MR) is 58.0 cm³/mol. The highest BCUT2D eigenvalue weighted by Crippen LogP contribution is 2.25. The van der Waals surface area contributed by atoms with Crippen molar-refractivity contribution < 1.29 is 9.47 Å². The fourth-order valence-corrected chi connectivity index (χ4v) is 1.57. The Bertz CT molecular complexity index is 444. The van der Waals surface area contributed by atoms with Gasteiger partial charge in [0.25, 0.3) is 0 Å². The molecule has 0 amide bonds. The maximum absolute atomic E-state index is 5.74. The lowest BCUT2D eigenvalue weighted by molar-refractivity contribution is 0.378. The normalized spacial score (nSPS) is 10.0. The van der Waals surface area contributed by atoms with Crippen molar-refractivity contribution in [2.24, 2.45) is 0 Å². The number of halogens is 1. The van der Waals surface area contributed by atoms with Crippen LogP contribution < -0.4 is 9.47 Å². The first-order valence-corrected chi connectivity index (χ1v) is 5.24. The van der Waals surface area contributed by atoms with Gasteiger partial charge in [-0.25, -0.2) is 0 Å². The zero-order valence-electron chi connectivity index (χ0n) is 7.81. The maximum atomic E-state index is 5.74. The van der Waals surface area contributed by atoms with E-state index in [0.717, 1.165) is 11.5 Å². The summed E-state index contributed by atoms with van der Waals surface area (Å²) in [5.74, 6) is 0.665. The van der Waals surface area contributed by atoms with Gasteiger partial charge in [-0.05, 0) is 24.3 Å². The van der Waals surface area contributed by atoms with Gasteiger partial charge in [-0.3, -0.25) is 0 Å². The van der Waals surface area contributed by atoms with Crippen LogP contribution in [0.15, 0.2) is 24.3 Å². The molecule has 0 N–H and O–H groups in total. The molecule has 1 aromatic carbocycles. The van der Waals surface area contributed by atoms with Crippen LogP contribution in [0.4, 0.5) is 0 Å². The average Bonchev–Trinajstić information content (AvgIpc) is 2.69. The Balaban J connectivity index is 2.11. The van der Waals surface area contributed by atoms with Crippen LogP contribution in [0.2, 0.25) is 5.02 Å². The summed E-state index contributed by atoms with van der Waals surface area (Å²) in [4.78, 5) is 3.98. The number of hydrogen-bond donors (Lipinski definition) is 0. The molecular weight excluding hydrogens is 236 g/mol. The van der Waals surface area contributed by atoms with E-state index in [1.807, 2.05) is 0 Å². The van der Waals surface area contributed by atoms with Gasteiger partial charge >= 0.3 is 11.2 Å². The highest BCUT2D eigenvalue weighted by atomic mass is 35.5. The standard InChI is InChI=1S/C9H7ClN2O2S/c1-13-8-11-9(15-12-8)14-7-4-2-6(10)3-5-7/h2-5H,1H3. The second kappa shape index (κ2) is 4.46. The first kappa shape index (κ1) is 10.2. The number of ether oxygens (including phenoxy) is 2. The molecule has 15 heavy (non-hydrogen) atoms. The monoisotopic (exact) mass is 242 g/mol. The van der Waals surface area contributed by atoms with Crippen LogP contribution in [0.3, 0.4) is 0 Å². The molecule has 0 unspecified atom stereocenters. The smallest absolute Gasteiger partial charge is 0.331 e. The van der Waals surface area contributed by atoms with E-state index in [0.29, 0.717) is 22.0 Å². The summed E-state index contributed by atoms with van der Waals surface area (Å²) < 4.78 is 14.2. The predicted octanol–water partition coefficient (Wildman–Crippen LogP) is 2.99. The number of methoxy groups -OCH3 is 1. The summed E-state index contributed by atoms with van der Waals surface area (Å²) in [6.45, 7) is 0. The summed E-state index contributed by atoms with van der Waals surface area (Å²) in [5.41, 5.74) is 0. The fraction of sp³-hybridized carbons (Fsp3) is 0.111. The van der Waals surface area contributed by atoms with Gasteiger partial charge in [-0.2, -0.15) is 0 Å². The Morgan fingerprint density at radius 3 is 2.60 bits per heavy atom. The molecule has 0 aliphatic carbocycles. The van der Waals surface area contributed by atoms with Crippen LogP contribution in [0.25, 0.3) is 0 Å². The molecule has 0 fully saturated rings. The molecule has 0 saturated carbocycles. The molecule has 0 saturated heterocycles. The largest absolute Gasteiger partial charge is 0.466 e. The molecule has 0 radical (unpaired) electrons. The van der Waals surface area contributed by atoms with Crippen LogP contribution >= 0.6 is 23.1 Å². The second-order valence-electron chi connectivity index (χ2n) is 2.60. The summed E-state index contributed by atoms with van der Waals surface area (Å²) >= 11 is 6.87. The lowest BCUT2D eigenvalue weighted by Crippen LogP contribution is -1.85. The second-order valence-corrected chi connectivity index (χ2v) is 3.75. The number of nitrogens with zero attached hydrogens (tertiary/aromatic N) is 2. The van der Waals surface area contributed by atoms with E-state index in [1.165, 1.54) is 7.11 Å². The van der Waals surface area contributed by atoms with Gasteiger partial charge in [0.1, 0.15) is 5.75 Å². The molecule has 1 aromatic heterocycles. The highest BCUT2D eigenvalue weighted by Gasteiger charge is 2.05.